The number of ether oxygens (including phenoxy) is 1. The molecule has 0 amide bonds. The van der Waals surface area contributed by atoms with Gasteiger partial charge in [-0.05, 0) is 73.6 Å². The Bertz CT molecular complexity index is 770. The van der Waals surface area contributed by atoms with Gasteiger partial charge >= 0.3 is 0 Å². The van der Waals surface area contributed by atoms with E-state index in [1.54, 1.807) is 12.1 Å². The quantitative estimate of drug-likeness (QED) is 0.551. The summed E-state index contributed by atoms with van der Waals surface area (Å²) in [6.45, 7) is 2.32. The minimum Gasteiger partial charge on any atom is -0.487 e. The molecule has 2 fully saturated rings. The first-order chi connectivity index (χ1) is 13.1. The molecule has 0 aromatic heterocycles. The molecule has 0 unspecified atom stereocenters. The second-order valence-corrected chi connectivity index (χ2v) is 8.34. The summed E-state index contributed by atoms with van der Waals surface area (Å²) in [7, 11) is 0. The van der Waals surface area contributed by atoms with Gasteiger partial charge in [0, 0.05) is 5.56 Å². The zero-order chi connectivity index (χ0) is 18.8. The lowest BCUT2D eigenvalue weighted by atomic mass is 9.79. The van der Waals surface area contributed by atoms with Crippen molar-refractivity contribution in [1.29, 1.82) is 0 Å². The van der Waals surface area contributed by atoms with E-state index in [1.807, 2.05) is 12.1 Å². The number of rotatable bonds is 4. The van der Waals surface area contributed by atoms with Gasteiger partial charge in [-0.25, -0.2) is 4.39 Å². The molecule has 0 aliphatic heterocycles. The van der Waals surface area contributed by atoms with E-state index in [0.29, 0.717) is 17.0 Å². The number of hydrogen-bond acceptors (Lipinski definition) is 1. The Kier molecular flexibility index (Phi) is 5.47. The Morgan fingerprint density at radius 2 is 1.44 bits per heavy atom. The van der Waals surface area contributed by atoms with Crippen LogP contribution in [0.25, 0.3) is 11.1 Å². The molecule has 2 aliphatic rings. The van der Waals surface area contributed by atoms with Crippen LogP contribution in [0.4, 0.5) is 8.78 Å². The van der Waals surface area contributed by atoms with Crippen molar-refractivity contribution in [3.63, 3.8) is 0 Å². The Hall–Kier alpha value is -1.90. The van der Waals surface area contributed by atoms with Gasteiger partial charge in [0.15, 0.2) is 11.6 Å². The maximum absolute atomic E-state index is 14.7. The fourth-order valence-corrected chi connectivity index (χ4v) is 4.56. The van der Waals surface area contributed by atoms with Crippen molar-refractivity contribution in [3.8, 4) is 16.9 Å². The lowest BCUT2D eigenvalue weighted by molar-refractivity contribution is 0.198. The van der Waals surface area contributed by atoms with Crippen LogP contribution in [0.15, 0.2) is 36.4 Å². The molecule has 27 heavy (non-hydrogen) atoms. The molecule has 0 bridgehead atoms. The standard InChI is InChI=1S/C24H28F2O/c1-16-6-8-17(9-7-16)18-10-12-19(13-11-18)21-14-15-22(24(26)23(21)25)27-20-4-2-3-5-20/h10-17,20H,2-9H2,1H3. The van der Waals surface area contributed by atoms with Crippen molar-refractivity contribution in [2.75, 3.05) is 0 Å². The van der Waals surface area contributed by atoms with Gasteiger partial charge in [0.2, 0.25) is 5.82 Å². The molecule has 0 atom stereocenters. The third-order valence-electron chi connectivity index (χ3n) is 6.35. The van der Waals surface area contributed by atoms with Crippen LogP contribution in [-0.2, 0) is 0 Å². The molecule has 2 saturated carbocycles. The van der Waals surface area contributed by atoms with Crippen LogP contribution in [0.3, 0.4) is 0 Å². The maximum Gasteiger partial charge on any atom is 0.201 e. The highest BCUT2D eigenvalue weighted by Crippen LogP contribution is 2.37. The van der Waals surface area contributed by atoms with E-state index in [9.17, 15) is 8.78 Å². The normalized spacial score (nSPS) is 23.5. The van der Waals surface area contributed by atoms with E-state index >= 15 is 0 Å². The van der Waals surface area contributed by atoms with Gasteiger partial charge in [-0.2, -0.15) is 4.39 Å². The van der Waals surface area contributed by atoms with Crippen LogP contribution < -0.4 is 4.74 Å². The molecule has 1 nitrogen and oxygen atoms in total. The topological polar surface area (TPSA) is 9.23 Å². The second kappa shape index (κ2) is 8.00. The summed E-state index contributed by atoms with van der Waals surface area (Å²) < 4.78 is 34.8. The summed E-state index contributed by atoms with van der Waals surface area (Å²) in [4.78, 5) is 0. The van der Waals surface area contributed by atoms with E-state index in [0.717, 1.165) is 31.6 Å². The van der Waals surface area contributed by atoms with Gasteiger partial charge in [0.1, 0.15) is 0 Å². The first-order valence-corrected chi connectivity index (χ1v) is 10.4. The molecule has 0 heterocycles. The van der Waals surface area contributed by atoms with Gasteiger partial charge in [-0.1, -0.05) is 44.0 Å². The van der Waals surface area contributed by atoms with Crippen LogP contribution >= 0.6 is 0 Å². The van der Waals surface area contributed by atoms with Crippen molar-refractivity contribution >= 4 is 0 Å². The predicted octanol–water partition coefficient (Wildman–Crippen LogP) is 7.25. The molecule has 2 aromatic carbocycles. The molecule has 2 aliphatic carbocycles. The van der Waals surface area contributed by atoms with Gasteiger partial charge in [-0.15, -0.1) is 0 Å². The fraction of sp³-hybridized carbons (Fsp3) is 0.500. The number of halogens is 2. The third-order valence-corrected chi connectivity index (χ3v) is 6.35. The highest BCUT2D eigenvalue weighted by atomic mass is 19.2. The Morgan fingerprint density at radius 1 is 0.778 bits per heavy atom. The van der Waals surface area contributed by atoms with Crippen LogP contribution in [0.2, 0.25) is 0 Å². The molecule has 2 aromatic rings. The van der Waals surface area contributed by atoms with Crippen molar-refractivity contribution in [2.24, 2.45) is 5.92 Å². The van der Waals surface area contributed by atoms with E-state index < -0.39 is 11.6 Å². The fourth-order valence-electron chi connectivity index (χ4n) is 4.56. The molecular formula is C24H28F2O. The second-order valence-electron chi connectivity index (χ2n) is 8.34. The van der Waals surface area contributed by atoms with Gasteiger partial charge in [0.05, 0.1) is 6.10 Å². The lowest BCUT2D eigenvalue weighted by Gasteiger charge is -2.26. The number of benzene rings is 2. The summed E-state index contributed by atoms with van der Waals surface area (Å²) in [5, 5.41) is 0. The molecule has 3 heteroatoms. The Morgan fingerprint density at radius 3 is 2.11 bits per heavy atom. The third kappa shape index (κ3) is 4.02. The summed E-state index contributed by atoms with van der Waals surface area (Å²) in [5.41, 5.74) is 2.33. The zero-order valence-corrected chi connectivity index (χ0v) is 16.0. The Balaban J connectivity index is 1.51. The van der Waals surface area contributed by atoms with Gasteiger partial charge in [0.25, 0.3) is 0 Å². The SMILES string of the molecule is CC1CCC(c2ccc(-c3ccc(OC4CCCC4)c(F)c3F)cc2)CC1. The van der Waals surface area contributed by atoms with Gasteiger partial charge in [-0.3, -0.25) is 0 Å². The Labute approximate surface area is 160 Å². The first kappa shape index (κ1) is 18.5. The van der Waals surface area contributed by atoms with Gasteiger partial charge < -0.3 is 4.74 Å². The molecule has 0 radical (unpaired) electrons. The minimum absolute atomic E-state index is 0.0160. The summed E-state index contributed by atoms with van der Waals surface area (Å²) in [6.07, 6.45) is 9.03. The summed E-state index contributed by atoms with van der Waals surface area (Å²) >= 11 is 0. The van der Waals surface area contributed by atoms with Crippen LogP contribution in [0.5, 0.6) is 5.75 Å². The van der Waals surface area contributed by atoms with E-state index in [-0.39, 0.29) is 11.9 Å². The smallest absolute Gasteiger partial charge is 0.201 e. The minimum atomic E-state index is -0.871. The average molecular weight is 370 g/mol. The average Bonchev–Trinajstić information content (AvgIpc) is 3.20. The highest BCUT2D eigenvalue weighted by molar-refractivity contribution is 5.65. The largest absolute Gasteiger partial charge is 0.487 e. The van der Waals surface area contributed by atoms with Crippen LogP contribution in [0, 0.1) is 17.6 Å². The van der Waals surface area contributed by atoms with E-state index in [4.69, 9.17) is 4.74 Å². The molecule has 4 rings (SSSR count). The van der Waals surface area contributed by atoms with Crippen molar-refractivity contribution in [3.05, 3.63) is 53.6 Å². The molecular weight excluding hydrogens is 342 g/mol. The summed E-state index contributed by atoms with van der Waals surface area (Å²) in [6, 6.07) is 11.2. The predicted molar refractivity (Wildman–Crippen MR) is 105 cm³/mol. The van der Waals surface area contributed by atoms with Crippen LogP contribution in [-0.4, -0.2) is 6.10 Å². The van der Waals surface area contributed by atoms with Crippen molar-refractivity contribution in [2.45, 2.75) is 70.3 Å². The molecule has 144 valence electrons. The monoisotopic (exact) mass is 370 g/mol. The molecule has 0 spiro atoms. The van der Waals surface area contributed by atoms with E-state index in [1.165, 1.54) is 31.2 Å². The highest BCUT2D eigenvalue weighted by Gasteiger charge is 2.22. The van der Waals surface area contributed by atoms with Crippen molar-refractivity contribution < 1.29 is 13.5 Å². The lowest BCUT2D eigenvalue weighted by Crippen LogP contribution is -2.12. The number of hydrogen-bond donors (Lipinski definition) is 0. The van der Waals surface area contributed by atoms with E-state index in [2.05, 4.69) is 19.1 Å². The first-order valence-electron chi connectivity index (χ1n) is 10.4. The molecule has 0 saturated heterocycles. The van der Waals surface area contributed by atoms with Crippen molar-refractivity contribution in [1.82, 2.24) is 0 Å². The summed E-state index contributed by atoms with van der Waals surface area (Å²) in [5.74, 6) is -0.229. The maximum atomic E-state index is 14.7. The van der Waals surface area contributed by atoms with Crippen LogP contribution in [0.1, 0.15) is 69.8 Å². The zero-order valence-electron chi connectivity index (χ0n) is 16.0. The molecule has 0 N–H and O–H groups in total.